The zero-order valence-corrected chi connectivity index (χ0v) is 14.1. The molecule has 0 spiro atoms. The molecule has 0 amide bonds. The highest BCUT2D eigenvalue weighted by molar-refractivity contribution is 5.96. The lowest BCUT2D eigenvalue weighted by Gasteiger charge is -2.13. The first kappa shape index (κ1) is 16.3. The molecule has 0 N–H and O–H groups in total. The van der Waals surface area contributed by atoms with Gasteiger partial charge in [-0.1, -0.05) is 36.4 Å². The smallest absolute Gasteiger partial charge is 0.356 e. The van der Waals surface area contributed by atoms with Crippen LogP contribution in [0.15, 0.2) is 54.6 Å². The van der Waals surface area contributed by atoms with E-state index in [0.29, 0.717) is 11.3 Å². The molecule has 1 aromatic heterocycles. The summed E-state index contributed by atoms with van der Waals surface area (Å²) in [6.45, 7) is 0.214. The largest absolute Gasteiger partial charge is 0.442 e. The number of carbonyl (C=O) groups is 1. The van der Waals surface area contributed by atoms with Crippen molar-refractivity contribution < 1.29 is 13.9 Å². The van der Waals surface area contributed by atoms with Gasteiger partial charge in [-0.2, -0.15) is 5.26 Å². The Bertz CT molecular complexity index is 1010. The summed E-state index contributed by atoms with van der Waals surface area (Å²) >= 11 is 0. The zero-order valence-electron chi connectivity index (χ0n) is 14.1. The number of rotatable bonds is 5. The van der Waals surface area contributed by atoms with E-state index in [4.69, 9.17) is 4.74 Å². The Morgan fingerprint density at radius 2 is 1.96 bits per heavy atom. The van der Waals surface area contributed by atoms with Gasteiger partial charge in [-0.15, -0.1) is 0 Å². The Kier molecular flexibility index (Phi) is 4.18. The molecule has 0 aliphatic heterocycles. The van der Waals surface area contributed by atoms with Crippen molar-refractivity contribution in [3.8, 4) is 6.07 Å². The summed E-state index contributed by atoms with van der Waals surface area (Å²) in [6.07, 6.45) is 1.09. The number of benzene rings is 2. The van der Waals surface area contributed by atoms with Gasteiger partial charge in [-0.25, -0.2) is 9.18 Å². The molecular weight excluding hydrogens is 331 g/mol. The number of halogens is 1. The monoisotopic (exact) mass is 348 g/mol. The Labute approximate surface area is 150 Å². The molecule has 0 saturated heterocycles. The van der Waals surface area contributed by atoms with Crippen molar-refractivity contribution in [3.63, 3.8) is 0 Å². The Morgan fingerprint density at radius 1 is 1.23 bits per heavy atom. The number of hydrogen-bond acceptors (Lipinski definition) is 3. The molecule has 1 saturated carbocycles. The van der Waals surface area contributed by atoms with E-state index in [1.165, 1.54) is 6.07 Å². The molecule has 2 aromatic carbocycles. The third kappa shape index (κ3) is 3.06. The quantitative estimate of drug-likeness (QED) is 0.647. The van der Waals surface area contributed by atoms with E-state index in [9.17, 15) is 14.4 Å². The maximum absolute atomic E-state index is 14.1. The molecule has 1 fully saturated rings. The summed E-state index contributed by atoms with van der Waals surface area (Å²) in [7, 11) is 0. The van der Waals surface area contributed by atoms with Crippen molar-refractivity contribution in [2.24, 2.45) is 5.92 Å². The second kappa shape index (κ2) is 6.64. The molecular formula is C21H17FN2O2. The summed E-state index contributed by atoms with van der Waals surface area (Å²) in [5.41, 5.74) is 1.64. The van der Waals surface area contributed by atoms with Crippen LogP contribution in [0.3, 0.4) is 0 Å². The number of hydrogen-bond donors (Lipinski definition) is 0. The zero-order chi connectivity index (χ0) is 18.1. The average Bonchev–Trinajstić information content (AvgIpc) is 3.43. The topological polar surface area (TPSA) is 55.0 Å². The van der Waals surface area contributed by atoms with Crippen molar-refractivity contribution in [3.05, 3.63) is 71.7 Å². The predicted molar refractivity (Wildman–Crippen MR) is 95.0 cm³/mol. The predicted octanol–water partition coefficient (Wildman–Crippen LogP) is 4.29. The average molecular weight is 348 g/mol. The molecule has 1 aliphatic rings. The van der Waals surface area contributed by atoms with Gasteiger partial charge in [0.25, 0.3) is 0 Å². The second-order valence-electron chi connectivity index (χ2n) is 6.56. The first-order chi connectivity index (χ1) is 12.7. The number of para-hydroxylation sites is 1. The van der Waals surface area contributed by atoms with Crippen LogP contribution in [-0.4, -0.2) is 16.6 Å². The highest BCUT2D eigenvalue weighted by Gasteiger charge is 2.35. The van der Waals surface area contributed by atoms with Gasteiger partial charge >= 0.3 is 5.97 Å². The highest BCUT2D eigenvalue weighted by atomic mass is 19.1. The molecule has 4 nitrogen and oxygen atoms in total. The van der Waals surface area contributed by atoms with E-state index in [2.05, 4.69) is 6.07 Å². The number of nitriles is 1. The van der Waals surface area contributed by atoms with Crippen LogP contribution >= 0.6 is 0 Å². The number of aromatic nitrogens is 1. The van der Waals surface area contributed by atoms with Gasteiger partial charge < -0.3 is 9.30 Å². The fraction of sp³-hybridized carbons (Fsp3) is 0.238. The van der Waals surface area contributed by atoms with Crippen LogP contribution < -0.4 is 0 Å². The van der Waals surface area contributed by atoms with Crippen LogP contribution in [0.4, 0.5) is 4.39 Å². The van der Waals surface area contributed by atoms with Gasteiger partial charge in [0, 0.05) is 22.4 Å². The molecule has 1 atom stereocenters. The van der Waals surface area contributed by atoms with Crippen LogP contribution in [0.25, 0.3) is 10.9 Å². The van der Waals surface area contributed by atoms with E-state index < -0.39 is 12.1 Å². The van der Waals surface area contributed by atoms with Crippen LogP contribution in [0, 0.1) is 23.1 Å². The maximum atomic E-state index is 14.1. The van der Waals surface area contributed by atoms with Crippen LogP contribution in [0.5, 0.6) is 0 Å². The number of carbonyl (C=O) groups excluding carboxylic acids is 1. The Balaban J connectivity index is 1.73. The second-order valence-corrected chi connectivity index (χ2v) is 6.56. The van der Waals surface area contributed by atoms with Crippen molar-refractivity contribution in [1.29, 1.82) is 5.26 Å². The molecule has 5 heteroatoms. The normalized spacial score (nSPS) is 14.8. The van der Waals surface area contributed by atoms with Crippen molar-refractivity contribution in [1.82, 2.24) is 4.57 Å². The number of esters is 1. The molecule has 26 heavy (non-hydrogen) atoms. The van der Waals surface area contributed by atoms with Crippen LogP contribution in [-0.2, 0) is 11.3 Å². The van der Waals surface area contributed by atoms with Gasteiger partial charge in [-0.3, -0.25) is 0 Å². The van der Waals surface area contributed by atoms with Gasteiger partial charge in [0.2, 0.25) is 0 Å². The number of ether oxygens (including phenoxy) is 1. The van der Waals surface area contributed by atoms with E-state index in [-0.39, 0.29) is 18.3 Å². The summed E-state index contributed by atoms with van der Waals surface area (Å²) in [6, 6.07) is 17.8. The SMILES string of the molecule is N#C[C@H](OC(=O)c1cc2ccccc2n1Cc1ccccc1F)C1CC1. The van der Waals surface area contributed by atoms with Gasteiger partial charge in [-0.05, 0) is 31.0 Å². The summed E-state index contributed by atoms with van der Waals surface area (Å²) in [5.74, 6) is -0.734. The molecule has 0 unspecified atom stereocenters. The third-order valence-electron chi connectivity index (χ3n) is 4.72. The molecule has 130 valence electrons. The van der Waals surface area contributed by atoms with Crippen LogP contribution in [0.1, 0.15) is 28.9 Å². The lowest BCUT2D eigenvalue weighted by Crippen LogP contribution is -2.21. The number of fused-ring (bicyclic) bond motifs is 1. The summed E-state index contributed by atoms with van der Waals surface area (Å²) in [5, 5.41) is 10.1. The lowest BCUT2D eigenvalue weighted by molar-refractivity contribution is 0.0358. The number of nitrogens with zero attached hydrogens (tertiary/aromatic N) is 2. The minimum atomic E-state index is -0.720. The van der Waals surface area contributed by atoms with Gasteiger partial charge in [0.05, 0.1) is 6.54 Å². The Morgan fingerprint density at radius 3 is 2.69 bits per heavy atom. The summed E-state index contributed by atoms with van der Waals surface area (Å²) < 4.78 is 21.3. The highest BCUT2D eigenvalue weighted by Crippen LogP contribution is 2.34. The van der Waals surface area contributed by atoms with Crippen molar-refractivity contribution >= 4 is 16.9 Å². The fourth-order valence-corrected chi connectivity index (χ4v) is 3.15. The molecule has 0 bridgehead atoms. The fourth-order valence-electron chi connectivity index (χ4n) is 3.15. The standard InChI is InChI=1S/C21H17FN2O2/c22-17-7-3-1-6-16(17)13-24-18-8-4-2-5-15(18)11-19(24)21(25)26-20(12-23)14-9-10-14/h1-8,11,14,20H,9-10,13H2/t20-/m0/s1. The minimum Gasteiger partial charge on any atom is -0.442 e. The molecule has 1 heterocycles. The lowest BCUT2D eigenvalue weighted by atomic mass is 10.2. The molecule has 3 aromatic rings. The van der Waals surface area contributed by atoms with E-state index >= 15 is 0 Å². The Hall–Kier alpha value is -3.13. The first-order valence-electron chi connectivity index (χ1n) is 8.59. The molecule has 4 rings (SSSR count). The van der Waals surface area contributed by atoms with E-state index in [0.717, 1.165) is 23.7 Å². The van der Waals surface area contributed by atoms with Crippen molar-refractivity contribution in [2.75, 3.05) is 0 Å². The molecule has 1 aliphatic carbocycles. The van der Waals surface area contributed by atoms with Crippen molar-refractivity contribution in [2.45, 2.75) is 25.5 Å². The third-order valence-corrected chi connectivity index (χ3v) is 4.72. The van der Waals surface area contributed by atoms with E-state index in [1.807, 2.05) is 24.3 Å². The maximum Gasteiger partial charge on any atom is 0.356 e. The first-order valence-corrected chi connectivity index (χ1v) is 8.59. The summed E-state index contributed by atoms with van der Waals surface area (Å²) in [4.78, 5) is 12.7. The minimum absolute atomic E-state index is 0.133. The van der Waals surface area contributed by atoms with E-state index in [1.54, 1.807) is 28.8 Å². The van der Waals surface area contributed by atoms with Gasteiger partial charge in [0.1, 0.15) is 17.6 Å². The van der Waals surface area contributed by atoms with Crippen LogP contribution in [0.2, 0.25) is 0 Å². The molecule has 0 radical (unpaired) electrons. The van der Waals surface area contributed by atoms with Gasteiger partial charge in [0.15, 0.2) is 6.10 Å².